The largest absolute Gasteiger partial charge is 0.451 e. The molecule has 0 radical (unpaired) electrons. The van der Waals surface area contributed by atoms with Crippen LogP contribution in [0.5, 0.6) is 0 Å². The Bertz CT molecular complexity index is 1100. The van der Waals surface area contributed by atoms with Crippen LogP contribution in [0.25, 0.3) is 11.3 Å². The number of primary amides is 1. The molecule has 188 valence electrons. The highest BCUT2D eigenvalue weighted by atomic mass is 16.6. The van der Waals surface area contributed by atoms with Crippen LogP contribution >= 0.6 is 0 Å². The quantitative estimate of drug-likeness (QED) is 0.159. The molecule has 3 amide bonds. The molecule has 7 N–H and O–H groups in total. The van der Waals surface area contributed by atoms with Gasteiger partial charge in [0.05, 0.1) is 17.0 Å². The van der Waals surface area contributed by atoms with Gasteiger partial charge in [-0.25, -0.2) is 5.06 Å². The SMILES string of the molecule is NCCCC[C@H](N)C(=O)N(O)[C@H]1C[C@@H](C(N)=O)N(C(=O)c2ccc(-c3cccc([N+](=O)[O-])c3)o2)C1. The summed E-state index contributed by atoms with van der Waals surface area (Å²) in [6.45, 7) is 0.288. The molecule has 0 bridgehead atoms. The summed E-state index contributed by atoms with van der Waals surface area (Å²) in [6.07, 6.45) is 1.55. The maximum atomic E-state index is 13.1. The Balaban J connectivity index is 1.74. The van der Waals surface area contributed by atoms with E-state index in [1.165, 1.54) is 30.3 Å². The number of hydrogen-bond acceptors (Lipinski definition) is 9. The van der Waals surface area contributed by atoms with Gasteiger partial charge in [-0.2, -0.15) is 0 Å². The molecule has 35 heavy (non-hydrogen) atoms. The average Bonchev–Trinajstić information content (AvgIpc) is 3.51. The Morgan fingerprint density at radius 2 is 2.00 bits per heavy atom. The lowest BCUT2D eigenvalue weighted by Crippen LogP contribution is -2.48. The van der Waals surface area contributed by atoms with Crippen molar-refractivity contribution < 1.29 is 28.9 Å². The molecule has 13 heteroatoms. The molecule has 0 unspecified atom stereocenters. The summed E-state index contributed by atoms with van der Waals surface area (Å²) < 4.78 is 5.60. The number of amides is 3. The van der Waals surface area contributed by atoms with E-state index in [4.69, 9.17) is 21.6 Å². The van der Waals surface area contributed by atoms with E-state index in [1.807, 2.05) is 0 Å². The summed E-state index contributed by atoms with van der Waals surface area (Å²) in [5.74, 6) is -2.13. The molecular formula is C22H28N6O7. The van der Waals surface area contributed by atoms with E-state index in [0.29, 0.717) is 36.4 Å². The first-order chi connectivity index (χ1) is 16.6. The molecule has 2 aromatic rings. The third-order valence-electron chi connectivity index (χ3n) is 5.88. The zero-order valence-electron chi connectivity index (χ0n) is 18.9. The Morgan fingerprint density at radius 1 is 1.26 bits per heavy atom. The van der Waals surface area contributed by atoms with Crippen LogP contribution in [-0.2, 0) is 9.59 Å². The van der Waals surface area contributed by atoms with Gasteiger partial charge in [0.2, 0.25) is 5.91 Å². The molecule has 1 aliphatic heterocycles. The summed E-state index contributed by atoms with van der Waals surface area (Å²) >= 11 is 0. The molecule has 13 nitrogen and oxygen atoms in total. The lowest BCUT2D eigenvalue weighted by molar-refractivity contribution is -0.384. The molecule has 2 heterocycles. The van der Waals surface area contributed by atoms with Crippen LogP contribution in [0, 0.1) is 10.1 Å². The van der Waals surface area contributed by atoms with Crippen molar-refractivity contribution in [3.05, 3.63) is 52.3 Å². The zero-order valence-corrected chi connectivity index (χ0v) is 18.9. The molecule has 0 spiro atoms. The summed E-state index contributed by atoms with van der Waals surface area (Å²) in [6, 6.07) is 5.61. The van der Waals surface area contributed by atoms with E-state index in [1.54, 1.807) is 6.07 Å². The van der Waals surface area contributed by atoms with E-state index >= 15 is 0 Å². The van der Waals surface area contributed by atoms with E-state index in [9.17, 15) is 29.7 Å². The van der Waals surface area contributed by atoms with Gasteiger partial charge in [-0.15, -0.1) is 0 Å². The molecule has 1 fully saturated rings. The highest BCUT2D eigenvalue weighted by Crippen LogP contribution is 2.29. The predicted molar refractivity (Wildman–Crippen MR) is 123 cm³/mol. The lowest BCUT2D eigenvalue weighted by atomic mass is 10.1. The average molecular weight is 489 g/mol. The number of unbranched alkanes of at least 4 members (excludes halogenated alkanes) is 1. The fourth-order valence-electron chi connectivity index (χ4n) is 3.99. The number of non-ortho nitro benzene ring substituents is 1. The van der Waals surface area contributed by atoms with E-state index in [0.717, 1.165) is 4.90 Å². The van der Waals surface area contributed by atoms with Gasteiger partial charge in [0.15, 0.2) is 5.76 Å². The first-order valence-electron chi connectivity index (χ1n) is 11.1. The Hall–Kier alpha value is -3.81. The highest BCUT2D eigenvalue weighted by Gasteiger charge is 2.43. The number of nitro groups is 1. The number of nitrogens with two attached hydrogens (primary N) is 3. The van der Waals surface area contributed by atoms with Gasteiger partial charge >= 0.3 is 0 Å². The molecule has 3 atom stereocenters. The van der Waals surface area contributed by atoms with Crippen LogP contribution in [0.15, 0.2) is 40.8 Å². The van der Waals surface area contributed by atoms with Crippen molar-refractivity contribution in [1.82, 2.24) is 9.96 Å². The Labute approximate surface area is 200 Å². The van der Waals surface area contributed by atoms with Crippen LogP contribution < -0.4 is 17.2 Å². The molecule has 1 aromatic carbocycles. The summed E-state index contributed by atoms with van der Waals surface area (Å²) in [7, 11) is 0. The molecule has 1 aromatic heterocycles. The van der Waals surface area contributed by atoms with Gasteiger partial charge in [0, 0.05) is 30.7 Å². The first-order valence-corrected chi connectivity index (χ1v) is 11.1. The predicted octanol–water partition coefficient (Wildman–Crippen LogP) is 0.597. The normalized spacial score (nSPS) is 18.3. The minimum absolute atomic E-state index is 0.0721. The highest BCUT2D eigenvalue weighted by molar-refractivity contribution is 5.96. The summed E-state index contributed by atoms with van der Waals surface area (Å²) in [5, 5.41) is 21.9. The van der Waals surface area contributed by atoms with Crippen molar-refractivity contribution in [2.24, 2.45) is 17.2 Å². The summed E-state index contributed by atoms with van der Waals surface area (Å²) in [5.41, 5.74) is 17.0. The van der Waals surface area contributed by atoms with Crippen molar-refractivity contribution in [3.8, 4) is 11.3 Å². The van der Waals surface area contributed by atoms with E-state index in [-0.39, 0.29) is 30.2 Å². The number of likely N-dealkylation sites (tertiary alicyclic amines) is 1. The number of nitrogens with zero attached hydrogens (tertiary/aromatic N) is 3. The van der Waals surface area contributed by atoms with E-state index < -0.39 is 40.8 Å². The maximum Gasteiger partial charge on any atom is 0.290 e. The molecule has 1 saturated heterocycles. The Morgan fingerprint density at radius 3 is 2.66 bits per heavy atom. The Kier molecular flexibility index (Phi) is 8.17. The number of hydrogen-bond donors (Lipinski definition) is 4. The van der Waals surface area contributed by atoms with Gasteiger partial charge in [-0.05, 0) is 31.5 Å². The molecule has 1 aliphatic rings. The van der Waals surface area contributed by atoms with Crippen LogP contribution in [0.1, 0.15) is 36.2 Å². The number of benzene rings is 1. The minimum Gasteiger partial charge on any atom is -0.451 e. The lowest BCUT2D eigenvalue weighted by Gasteiger charge is -2.25. The van der Waals surface area contributed by atoms with Crippen LogP contribution in [0.4, 0.5) is 5.69 Å². The van der Waals surface area contributed by atoms with Gasteiger partial charge in [0.1, 0.15) is 11.8 Å². The maximum absolute atomic E-state index is 13.1. The number of carbonyl (C=O) groups is 3. The van der Waals surface area contributed by atoms with Crippen LogP contribution in [0.3, 0.4) is 0 Å². The first kappa shape index (κ1) is 25.8. The van der Waals surface area contributed by atoms with Crippen LogP contribution in [-0.4, -0.2) is 69.0 Å². The zero-order chi connectivity index (χ0) is 25.7. The third kappa shape index (κ3) is 5.82. The number of rotatable bonds is 10. The molecule has 0 aliphatic carbocycles. The fraction of sp³-hybridized carbons (Fsp3) is 0.409. The minimum atomic E-state index is -1.09. The van der Waals surface area contributed by atoms with Gasteiger partial charge in [-0.3, -0.25) is 29.7 Å². The standard InChI is InChI=1S/C22H28N6O7/c23-9-2-1-6-16(24)21(30)27(32)15-11-17(20(25)29)26(12-15)22(31)19-8-7-18(35-19)13-4-3-5-14(10-13)28(33)34/h3-5,7-8,10,15-17,32H,1-2,6,9,11-12,23-24H2,(H2,25,29)/t15-,16-,17-/m0/s1. The topological polar surface area (TPSA) is 212 Å². The van der Waals surface area contributed by atoms with Crippen molar-refractivity contribution in [3.63, 3.8) is 0 Å². The second kappa shape index (κ2) is 11.1. The smallest absolute Gasteiger partial charge is 0.290 e. The fourth-order valence-corrected chi connectivity index (χ4v) is 3.99. The second-order valence-electron chi connectivity index (χ2n) is 8.31. The van der Waals surface area contributed by atoms with Crippen molar-refractivity contribution in [1.29, 1.82) is 0 Å². The second-order valence-corrected chi connectivity index (χ2v) is 8.31. The third-order valence-corrected chi connectivity index (χ3v) is 5.88. The number of carbonyl (C=O) groups excluding carboxylic acids is 3. The van der Waals surface area contributed by atoms with Crippen molar-refractivity contribution in [2.75, 3.05) is 13.1 Å². The number of hydroxylamine groups is 2. The molecule has 0 saturated carbocycles. The van der Waals surface area contributed by atoms with Crippen molar-refractivity contribution >= 4 is 23.4 Å². The summed E-state index contributed by atoms with van der Waals surface area (Å²) in [4.78, 5) is 49.3. The van der Waals surface area contributed by atoms with E-state index in [2.05, 4.69) is 0 Å². The van der Waals surface area contributed by atoms with Gasteiger partial charge in [-0.1, -0.05) is 18.6 Å². The van der Waals surface area contributed by atoms with Crippen LogP contribution in [0.2, 0.25) is 0 Å². The molecular weight excluding hydrogens is 460 g/mol. The number of furan rings is 1. The van der Waals surface area contributed by atoms with Crippen molar-refractivity contribution in [2.45, 2.75) is 43.8 Å². The van der Waals surface area contributed by atoms with Gasteiger partial charge in [0.25, 0.3) is 17.5 Å². The van der Waals surface area contributed by atoms with Gasteiger partial charge < -0.3 is 26.5 Å². The number of nitro benzene ring substituents is 1. The monoisotopic (exact) mass is 488 g/mol. The molecule has 3 rings (SSSR count).